The minimum absolute atomic E-state index is 0.0460. The molecule has 8 atom stereocenters. The van der Waals surface area contributed by atoms with Crippen LogP contribution in [0, 0.1) is 34.5 Å². The first-order chi connectivity index (χ1) is 15.3. The Kier molecular flexibility index (Phi) is 6.59. The quantitative estimate of drug-likeness (QED) is 0.487. The van der Waals surface area contributed by atoms with Gasteiger partial charge in [0.1, 0.15) is 11.7 Å². The molecule has 2 bridgehead atoms. The summed E-state index contributed by atoms with van der Waals surface area (Å²) < 4.78 is 11.9. The van der Waals surface area contributed by atoms with Crippen LogP contribution < -0.4 is 5.32 Å². The smallest absolute Gasteiger partial charge is 0.408 e. The first kappa shape index (κ1) is 25.2. The van der Waals surface area contributed by atoms with Crippen LogP contribution in [0.5, 0.6) is 0 Å². The van der Waals surface area contributed by atoms with Crippen molar-refractivity contribution in [3.63, 3.8) is 0 Å². The van der Waals surface area contributed by atoms with E-state index in [0.717, 1.165) is 31.4 Å². The average Bonchev–Trinajstić information content (AvgIpc) is 2.68. The summed E-state index contributed by atoms with van der Waals surface area (Å²) in [4.78, 5) is 25.0. The van der Waals surface area contributed by atoms with Gasteiger partial charge in [0.15, 0.2) is 0 Å². The van der Waals surface area contributed by atoms with Crippen molar-refractivity contribution < 1.29 is 19.1 Å². The summed E-state index contributed by atoms with van der Waals surface area (Å²) in [6, 6.07) is 0. The number of carbonyl (C=O) groups is 2. The van der Waals surface area contributed by atoms with Gasteiger partial charge < -0.3 is 14.8 Å². The maximum atomic E-state index is 12.8. The fraction of sp³-hybridized carbons (Fsp3) is 0.926. The largest absolute Gasteiger partial charge is 0.462 e. The lowest BCUT2D eigenvalue weighted by atomic mass is 9.36. The van der Waals surface area contributed by atoms with Crippen LogP contribution in [0.4, 0.5) is 4.79 Å². The van der Waals surface area contributed by atoms with Gasteiger partial charge in [-0.15, -0.1) is 0 Å². The molecule has 0 radical (unpaired) electrons. The van der Waals surface area contributed by atoms with E-state index < -0.39 is 5.60 Å². The molecule has 188 valence electrons. The van der Waals surface area contributed by atoms with E-state index in [2.05, 4.69) is 25.4 Å². The highest BCUT2D eigenvalue weighted by atomic mass is 32.2. The van der Waals surface area contributed by atoms with Crippen LogP contribution in [-0.4, -0.2) is 41.3 Å². The van der Waals surface area contributed by atoms with E-state index in [0.29, 0.717) is 23.7 Å². The number of alkyl carbamates (subject to hydrolysis) is 1. The van der Waals surface area contributed by atoms with Crippen molar-refractivity contribution in [2.24, 2.45) is 34.5 Å². The monoisotopic (exact) mass is 479 g/mol. The highest BCUT2D eigenvalue weighted by Crippen LogP contribution is 2.71. The van der Waals surface area contributed by atoms with Gasteiger partial charge in [-0.05, 0) is 108 Å². The Bertz CT molecular complexity index is 781. The number of hydrogen-bond donors (Lipinski definition) is 1. The van der Waals surface area contributed by atoms with Crippen molar-refractivity contribution >= 4 is 23.8 Å². The number of hydrogen-bond acceptors (Lipinski definition) is 5. The van der Waals surface area contributed by atoms with E-state index in [-0.39, 0.29) is 34.5 Å². The Morgan fingerprint density at radius 1 is 1.06 bits per heavy atom. The molecule has 0 unspecified atom stereocenters. The number of esters is 1. The molecule has 5 rings (SSSR count). The highest BCUT2D eigenvalue weighted by molar-refractivity contribution is 7.98. The van der Waals surface area contributed by atoms with Gasteiger partial charge in [0.25, 0.3) is 0 Å². The van der Waals surface area contributed by atoms with Crippen LogP contribution in [0.2, 0.25) is 0 Å². The van der Waals surface area contributed by atoms with Gasteiger partial charge >= 0.3 is 12.1 Å². The molecule has 5 fully saturated rings. The van der Waals surface area contributed by atoms with Gasteiger partial charge in [-0.2, -0.15) is 11.8 Å². The van der Waals surface area contributed by atoms with Crippen LogP contribution in [0.25, 0.3) is 0 Å². The number of nitrogens with one attached hydrogen (secondary N) is 1. The van der Waals surface area contributed by atoms with E-state index in [9.17, 15) is 9.59 Å². The third kappa shape index (κ3) is 4.31. The molecule has 5 aliphatic rings. The summed E-state index contributed by atoms with van der Waals surface area (Å²) in [6.45, 7) is 12.1. The van der Waals surface area contributed by atoms with E-state index >= 15 is 0 Å². The Hall–Kier alpha value is -0.910. The first-order valence-electron chi connectivity index (χ1n) is 13.0. The average molecular weight is 480 g/mol. The molecular formula is C27H45NO4S. The Balaban J connectivity index is 1.65. The van der Waals surface area contributed by atoms with Crippen LogP contribution in [0.3, 0.4) is 0 Å². The van der Waals surface area contributed by atoms with Gasteiger partial charge in [0.05, 0.1) is 0 Å². The number of rotatable bonds is 4. The Morgan fingerprint density at radius 2 is 1.76 bits per heavy atom. The topological polar surface area (TPSA) is 64.6 Å². The maximum Gasteiger partial charge on any atom is 0.408 e. The molecule has 5 aliphatic carbocycles. The molecule has 1 spiro atoms. The Morgan fingerprint density at radius 3 is 2.39 bits per heavy atom. The summed E-state index contributed by atoms with van der Waals surface area (Å²) in [7, 11) is 0. The number of amides is 1. The van der Waals surface area contributed by atoms with Gasteiger partial charge in [-0.1, -0.05) is 13.3 Å². The molecule has 5 nitrogen and oxygen atoms in total. The molecule has 1 N–H and O–H groups in total. The summed E-state index contributed by atoms with van der Waals surface area (Å²) in [5, 5.41) is 3.34. The maximum absolute atomic E-state index is 12.8. The summed E-state index contributed by atoms with van der Waals surface area (Å²) in [5.74, 6) is 3.03. The lowest BCUT2D eigenvalue weighted by Gasteiger charge is -2.70. The fourth-order valence-corrected chi connectivity index (χ4v) is 9.76. The van der Waals surface area contributed by atoms with Gasteiger partial charge in [-0.3, -0.25) is 4.79 Å². The zero-order valence-corrected chi connectivity index (χ0v) is 22.6. The van der Waals surface area contributed by atoms with Crippen molar-refractivity contribution in [3.05, 3.63) is 0 Å². The standard InChI is InChI=1S/C27H45NO4S/c1-17(29)31-22-19(16-33-7)18-9-13-27(22)14-10-20-25(5,21(27)15-18)11-8-12-26(20,6)28-23(30)32-24(2,3)4/h18-22H,8-16H2,1-7H3,(H,28,30)/t18-,19-,20-,21-,22+,25+,26+,27-/m0/s1. The predicted molar refractivity (Wildman–Crippen MR) is 133 cm³/mol. The first-order valence-corrected chi connectivity index (χ1v) is 14.4. The minimum Gasteiger partial charge on any atom is -0.462 e. The van der Waals surface area contributed by atoms with Crippen LogP contribution in [0.15, 0.2) is 0 Å². The molecule has 6 heteroatoms. The van der Waals surface area contributed by atoms with E-state index in [4.69, 9.17) is 9.47 Å². The molecular weight excluding hydrogens is 434 g/mol. The number of ether oxygens (including phenoxy) is 2. The summed E-state index contributed by atoms with van der Waals surface area (Å²) in [5.41, 5.74) is -0.526. The van der Waals surface area contributed by atoms with Gasteiger partial charge in [-0.25, -0.2) is 4.79 Å². The Labute approximate surface area is 204 Å². The third-order valence-corrected chi connectivity index (χ3v) is 10.6. The molecule has 0 aromatic carbocycles. The molecule has 0 aromatic rings. The molecule has 0 aromatic heterocycles. The molecule has 33 heavy (non-hydrogen) atoms. The van der Waals surface area contributed by atoms with Crippen molar-refractivity contribution in [1.29, 1.82) is 0 Å². The second kappa shape index (κ2) is 8.64. The van der Waals surface area contributed by atoms with Gasteiger partial charge in [0, 0.05) is 23.8 Å². The minimum atomic E-state index is -0.499. The second-order valence-electron chi connectivity index (χ2n) is 13.0. The van der Waals surface area contributed by atoms with Crippen molar-refractivity contribution in [3.8, 4) is 0 Å². The van der Waals surface area contributed by atoms with E-state index in [1.165, 1.54) is 25.7 Å². The zero-order chi connectivity index (χ0) is 24.2. The molecule has 5 saturated carbocycles. The zero-order valence-electron chi connectivity index (χ0n) is 21.8. The molecule has 1 amide bonds. The second-order valence-corrected chi connectivity index (χ2v) is 13.9. The number of thioether (sulfide) groups is 1. The normalized spacial score (nSPS) is 44.4. The lowest BCUT2D eigenvalue weighted by Crippen LogP contribution is -2.70. The van der Waals surface area contributed by atoms with Crippen LogP contribution in [0.1, 0.15) is 92.9 Å². The van der Waals surface area contributed by atoms with Crippen LogP contribution >= 0.6 is 11.8 Å². The van der Waals surface area contributed by atoms with Gasteiger partial charge in [0.2, 0.25) is 0 Å². The fourth-order valence-electron chi connectivity index (χ4n) is 8.93. The van der Waals surface area contributed by atoms with Crippen molar-refractivity contribution in [2.75, 3.05) is 12.0 Å². The van der Waals surface area contributed by atoms with Crippen molar-refractivity contribution in [2.45, 2.75) is 110 Å². The molecule has 0 heterocycles. The van der Waals surface area contributed by atoms with E-state index in [1.807, 2.05) is 32.5 Å². The highest BCUT2D eigenvalue weighted by Gasteiger charge is 2.68. The molecule has 0 aliphatic heterocycles. The third-order valence-electron chi connectivity index (χ3n) is 9.88. The predicted octanol–water partition coefficient (Wildman–Crippen LogP) is 6.20. The van der Waals surface area contributed by atoms with E-state index in [1.54, 1.807) is 6.92 Å². The van der Waals surface area contributed by atoms with Crippen molar-refractivity contribution in [1.82, 2.24) is 5.32 Å². The SMILES string of the molecule is CSC[C@H]1[C@H]2CC[C@@]3(CC[C@H]4[C@@](C)(CCC[C@@]4(C)NC(=O)OC(C)(C)C)[C@@H]3C2)[C@@H]1OC(C)=O. The summed E-state index contributed by atoms with van der Waals surface area (Å²) in [6.07, 6.45) is 11.1. The lowest BCUT2D eigenvalue weighted by molar-refractivity contribution is -0.242. The van der Waals surface area contributed by atoms with Crippen LogP contribution in [-0.2, 0) is 14.3 Å². The molecule has 0 saturated heterocycles. The number of carbonyl (C=O) groups excluding carboxylic acids is 2. The number of fused-ring (bicyclic) bond motifs is 3. The summed E-state index contributed by atoms with van der Waals surface area (Å²) >= 11 is 1.89.